The Morgan fingerprint density at radius 2 is 2.32 bits per heavy atom. The molecule has 1 spiro atoms. The van der Waals surface area contributed by atoms with E-state index in [2.05, 4.69) is 4.90 Å². The summed E-state index contributed by atoms with van der Waals surface area (Å²) in [6.45, 7) is 1.37. The summed E-state index contributed by atoms with van der Waals surface area (Å²) in [6, 6.07) is 1.39. The number of nitrogens with zero attached hydrogens (tertiary/aromatic N) is 1. The summed E-state index contributed by atoms with van der Waals surface area (Å²) in [5.41, 5.74) is 1.12. The number of hydrogen-bond acceptors (Lipinski definition) is 4. The van der Waals surface area contributed by atoms with E-state index in [-0.39, 0.29) is 17.7 Å². The highest BCUT2D eigenvalue weighted by molar-refractivity contribution is 5.92. The van der Waals surface area contributed by atoms with Gasteiger partial charge in [0.1, 0.15) is 11.9 Å². The average molecular weight is 303 g/mol. The molecule has 1 aliphatic carbocycles. The van der Waals surface area contributed by atoms with E-state index < -0.39 is 5.41 Å². The van der Waals surface area contributed by atoms with Gasteiger partial charge in [-0.25, -0.2) is 4.39 Å². The molecule has 22 heavy (non-hydrogen) atoms. The monoisotopic (exact) mass is 303 g/mol. The summed E-state index contributed by atoms with van der Waals surface area (Å²) in [5, 5.41) is 0. The van der Waals surface area contributed by atoms with Gasteiger partial charge in [0.05, 0.1) is 12.5 Å². The van der Waals surface area contributed by atoms with Crippen LogP contribution in [0, 0.1) is 5.82 Å². The van der Waals surface area contributed by atoms with Crippen molar-refractivity contribution in [1.29, 1.82) is 0 Å². The highest BCUT2D eigenvalue weighted by atomic mass is 19.1. The Hall–Kier alpha value is -1.88. The lowest BCUT2D eigenvalue weighted by atomic mass is 9.69. The molecule has 2 unspecified atom stereocenters. The lowest BCUT2D eigenvalue weighted by Gasteiger charge is -2.33. The van der Waals surface area contributed by atoms with Crippen LogP contribution < -0.4 is 9.47 Å². The van der Waals surface area contributed by atoms with Crippen LogP contribution in [0.1, 0.15) is 24.0 Å². The van der Waals surface area contributed by atoms with Crippen LogP contribution in [0.4, 0.5) is 4.39 Å². The van der Waals surface area contributed by atoms with E-state index in [0.717, 1.165) is 18.5 Å². The van der Waals surface area contributed by atoms with Crippen molar-refractivity contribution >= 4 is 5.78 Å². The van der Waals surface area contributed by atoms with Crippen LogP contribution in [0.15, 0.2) is 18.2 Å². The molecule has 1 aromatic carbocycles. The molecule has 0 bridgehead atoms. The van der Waals surface area contributed by atoms with Gasteiger partial charge in [-0.3, -0.25) is 4.79 Å². The second-order valence-electron chi connectivity index (χ2n) is 6.38. The number of carbonyl (C=O) groups is 1. The van der Waals surface area contributed by atoms with Crippen molar-refractivity contribution in [2.24, 2.45) is 0 Å². The van der Waals surface area contributed by atoms with Crippen LogP contribution in [0.25, 0.3) is 0 Å². The summed E-state index contributed by atoms with van der Waals surface area (Å²) in [7, 11) is 3.50. The number of ether oxygens (including phenoxy) is 2. The standard InChI is InChI=1S/C17H18FNO3/c1-19-6-5-17-4-3-10(20)7-14(17)22-16-13(21-2)8-12(18)11(9-19)15(16)17/h3-4,8,14H,5-7,9H2,1-2H3. The number of halogens is 1. The largest absolute Gasteiger partial charge is 0.493 e. The summed E-state index contributed by atoms with van der Waals surface area (Å²) in [6.07, 6.45) is 4.43. The molecule has 0 fully saturated rings. The van der Waals surface area contributed by atoms with E-state index in [9.17, 15) is 9.18 Å². The molecule has 0 aromatic heterocycles. The third-order valence-corrected chi connectivity index (χ3v) is 5.11. The zero-order valence-electron chi connectivity index (χ0n) is 12.7. The lowest BCUT2D eigenvalue weighted by Crippen LogP contribution is -2.41. The third-order valence-electron chi connectivity index (χ3n) is 5.11. The normalized spacial score (nSPS) is 29.6. The fourth-order valence-corrected chi connectivity index (χ4v) is 3.97. The van der Waals surface area contributed by atoms with Gasteiger partial charge in [0.2, 0.25) is 0 Å². The number of allylic oxidation sites excluding steroid dienone is 1. The smallest absolute Gasteiger partial charge is 0.166 e. The average Bonchev–Trinajstić information content (AvgIpc) is 2.74. The molecule has 3 aliphatic rings. The van der Waals surface area contributed by atoms with E-state index in [1.54, 1.807) is 6.08 Å². The van der Waals surface area contributed by atoms with Crippen LogP contribution in [-0.4, -0.2) is 37.5 Å². The Morgan fingerprint density at radius 1 is 1.50 bits per heavy atom. The molecule has 4 nitrogen and oxygen atoms in total. The highest BCUT2D eigenvalue weighted by Gasteiger charge is 2.53. The number of ketones is 1. The number of methoxy groups -OCH3 is 1. The molecule has 0 saturated heterocycles. The number of benzene rings is 1. The van der Waals surface area contributed by atoms with E-state index in [1.807, 2.05) is 13.1 Å². The van der Waals surface area contributed by atoms with Crippen LogP contribution in [0.3, 0.4) is 0 Å². The Labute approximate surface area is 128 Å². The van der Waals surface area contributed by atoms with Gasteiger partial charge in [-0.15, -0.1) is 0 Å². The Morgan fingerprint density at radius 3 is 3.09 bits per heavy atom. The van der Waals surface area contributed by atoms with Crippen molar-refractivity contribution in [3.8, 4) is 11.5 Å². The first kappa shape index (κ1) is 13.8. The highest BCUT2D eigenvalue weighted by Crippen LogP contribution is 2.55. The number of rotatable bonds is 1. The molecule has 0 radical (unpaired) electrons. The summed E-state index contributed by atoms with van der Waals surface area (Å²) in [4.78, 5) is 13.9. The molecule has 2 aliphatic heterocycles. The molecule has 0 N–H and O–H groups in total. The maximum Gasteiger partial charge on any atom is 0.166 e. The predicted molar refractivity (Wildman–Crippen MR) is 78.8 cm³/mol. The molecular formula is C17H18FNO3. The first-order valence-electron chi connectivity index (χ1n) is 7.52. The topological polar surface area (TPSA) is 38.8 Å². The molecule has 1 aromatic rings. The van der Waals surface area contributed by atoms with Gasteiger partial charge in [0.25, 0.3) is 0 Å². The minimum atomic E-state index is -0.418. The van der Waals surface area contributed by atoms with Gasteiger partial charge in [0, 0.05) is 30.2 Å². The number of carbonyl (C=O) groups excluding carboxylic acids is 1. The van der Waals surface area contributed by atoms with E-state index >= 15 is 0 Å². The second kappa shape index (κ2) is 4.56. The van der Waals surface area contributed by atoms with Crippen LogP contribution >= 0.6 is 0 Å². The summed E-state index contributed by atoms with van der Waals surface area (Å²) >= 11 is 0. The first-order valence-corrected chi connectivity index (χ1v) is 7.52. The number of hydrogen-bond donors (Lipinski definition) is 0. The molecule has 4 rings (SSSR count). The zero-order valence-corrected chi connectivity index (χ0v) is 12.7. The van der Waals surface area contributed by atoms with Crippen LogP contribution in [0.2, 0.25) is 0 Å². The van der Waals surface area contributed by atoms with Crippen molar-refractivity contribution in [2.45, 2.75) is 30.9 Å². The van der Waals surface area contributed by atoms with E-state index in [4.69, 9.17) is 9.47 Å². The minimum Gasteiger partial charge on any atom is -0.493 e. The van der Waals surface area contributed by atoms with Crippen LogP contribution in [-0.2, 0) is 16.8 Å². The first-order chi connectivity index (χ1) is 10.5. The Balaban J connectivity index is 2.02. The van der Waals surface area contributed by atoms with Crippen molar-refractivity contribution in [3.63, 3.8) is 0 Å². The summed E-state index contributed by atoms with van der Waals surface area (Å²) in [5.74, 6) is 0.814. The summed E-state index contributed by atoms with van der Waals surface area (Å²) < 4.78 is 26.0. The Kier molecular flexibility index (Phi) is 2.85. The zero-order chi connectivity index (χ0) is 15.5. The van der Waals surface area contributed by atoms with Gasteiger partial charge in [-0.1, -0.05) is 6.08 Å². The van der Waals surface area contributed by atoms with Crippen molar-refractivity contribution in [1.82, 2.24) is 4.90 Å². The van der Waals surface area contributed by atoms with Crippen molar-refractivity contribution < 1.29 is 18.7 Å². The third kappa shape index (κ3) is 1.69. The molecule has 0 saturated carbocycles. The van der Waals surface area contributed by atoms with E-state index in [0.29, 0.717) is 30.0 Å². The molecule has 0 amide bonds. The molecule has 2 atom stereocenters. The van der Waals surface area contributed by atoms with Gasteiger partial charge in [-0.05, 0) is 26.1 Å². The maximum absolute atomic E-state index is 14.6. The fourth-order valence-electron chi connectivity index (χ4n) is 3.97. The van der Waals surface area contributed by atoms with Gasteiger partial charge in [-0.2, -0.15) is 0 Å². The molecule has 2 heterocycles. The van der Waals surface area contributed by atoms with Crippen molar-refractivity contribution in [3.05, 3.63) is 35.2 Å². The minimum absolute atomic E-state index is 0.0574. The van der Waals surface area contributed by atoms with Gasteiger partial charge < -0.3 is 14.4 Å². The van der Waals surface area contributed by atoms with E-state index in [1.165, 1.54) is 13.2 Å². The predicted octanol–water partition coefficient (Wildman–Crippen LogP) is 2.20. The maximum atomic E-state index is 14.6. The molecule has 5 heteroatoms. The van der Waals surface area contributed by atoms with Gasteiger partial charge >= 0.3 is 0 Å². The van der Waals surface area contributed by atoms with Gasteiger partial charge in [0.15, 0.2) is 17.3 Å². The van der Waals surface area contributed by atoms with Crippen molar-refractivity contribution in [2.75, 3.05) is 20.7 Å². The fraction of sp³-hybridized carbons (Fsp3) is 0.471. The second-order valence-corrected chi connectivity index (χ2v) is 6.38. The SMILES string of the molecule is COc1cc(F)c2c3c1OC1CC(=O)C=CC31CCN(C)C2. The lowest BCUT2D eigenvalue weighted by molar-refractivity contribution is -0.117. The van der Waals surface area contributed by atoms with Crippen LogP contribution in [0.5, 0.6) is 11.5 Å². The quantitative estimate of drug-likeness (QED) is 0.797. The molecule has 116 valence electrons. The Bertz CT molecular complexity index is 700. The molecular weight excluding hydrogens is 285 g/mol.